The van der Waals surface area contributed by atoms with Crippen molar-refractivity contribution in [3.63, 3.8) is 0 Å². The highest BCUT2D eigenvalue weighted by molar-refractivity contribution is 5.99. The number of methoxy groups -OCH3 is 1. The van der Waals surface area contributed by atoms with Gasteiger partial charge in [-0.3, -0.25) is 9.59 Å². The lowest BCUT2D eigenvalue weighted by molar-refractivity contribution is -0.125. The average molecular weight is 363 g/mol. The Kier molecular flexibility index (Phi) is 5.72. The summed E-state index contributed by atoms with van der Waals surface area (Å²) in [5.41, 5.74) is 2.19. The molecule has 3 rings (SSSR count). The highest BCUT2D eigenvalue weighted by Crippen LogP contribution is 2.39. The van der Waals surface area contributed by atoms with Gasteiger partial charge in [-0.1, -0.05) is 18.2 Å². The third-order valence-electron chi connectivity index (χ3n) is 4.63. The van der Waals surface area contributed by atoms with Gasteiger partial charge in [0.1, 0.15) is 5.75 Å². The molecule has 0 saturated heterocycles. The van der Waals surface area contributed by atoms with Gasteiger partial charge in [0.05, 0.1) is 30.6 Å². The second-order valence-corrected chi connectivity index (χ2v) is 6.48. The minimum absolute atomic E-state index is 0.0927. The van der Waals surface area contributed by atoms with Crippen molar-refractivity contribution in [2.45, 2.75) is 12.8 Å². The van der Waals surface area contributed by atoms with Crippen LogP contribution in [0, 0.1) is 23.2 Å². The molecule has 1 aliphatic carbocycles. The summed E-state index contributed by atoms with van der Waals surface area (Å²) in [7, 11) is 1.62. The van der Waals surface area contributed by atoms with Gasteiger partial charge in [0.25, 0.3) is 0 Å². The zero-order chi connectivity index (χ0) is 19.2. The van der Waals surface area contributed by atoms with E-state index < -0.39 is 0 Å². The zero-order valence-corrected chi connectivity index (χ0v) is 15.1. The van der Waals surface area contributed by atoms with Crippen LogP contribution < -0.4 is 15.4 Å². The molecule has 0 aliphatic heterocycles. The Morgan fingerprint density at radius 1 is 1.11 bits per heavy atom. The molecular weight excluding hydrogens is 342 g/mol. The second-order valence-electron chi connectivity index (χ2n) is 6.48. The monoisotopic (exact) mass is 363 g/mol. The Balaban J connectivity index is 1.44. The van der Waals surface area contributed by atoms with E-state index in [1.807, 2.05) is 30.3 Å². The van der Waals surface area contributed by atoms with E-state index in [9.17, 15) is 9.59 Å². The van der Waals surface area contributed by atoms with Gasteiger partial charge in [-0.05, 0) is 48.7 Å². The number of nitriles is 1. The van der Waals surface area contributed by atoms with E-state index in [0.29, 0.717) is 30.6 Å². The minimum Gasteiger partial charge on any atom is -0.496 e. The normalized spacial score (nSPS) is 17.5. The number of benzene rings is 2. The molecule has 0 heterocycles. The van der Waals surface area contributed by atoms with Gasteiger partial charge in [-0.15, -0.1) is 0 Å². The summed E-state index contributed by atoms with van der Waals surface area (Å²) in [6.45, 7) is 0.500. The van der Waals surface area contributed by atoms with Crippen LogP contribution in [-0.2, 0) is 16.0 Å². The molecule has 0 radical (unpaired) electrons. The summed E-state index contributed by atoms with van der Waals surface area (Å²) in [5.74, 6) is -0.0275. The molecule has 6 nitrogen and oxygen atoms in total. The van der Waals surface area contributed by atoms with E-state index in [0.717, 1.165) is 11.3 Å². The fourth-order valence-electron chi connectivity index (χ4n) is 3.00. The van der Waals surface area contributed by atoms with Crippen LogP contribution >= 0.6 is 0 Å². The van der Waals surface area contributed by atoms with Crippen LogP contribution in [0.25, 0.3) is 0 Å². The third-order valence-corrected chi connectivity index (χ3v) is 4.63. The number of nitrogens with zero attached hydrogens (tertiary/aromatic N) is 1. The van der Waals surface area contributed by atoms with E-state index in [4.69, 9.17) is 10.00 Å². The number of nitrogens with one attached hydrogen (secondary N) is 2. The maximum absolute atomic E-state index is 12.3. The van der Waals surface area contributed by atoms with E-state index in [2.05, 4.69) is 10.6 Å². The maximum atomic E-state index is 12.3. The van der Waals surface area contributed by atoms with Crippen LogP contribution in [0.2, 0.25) is 0 Å². The number of rotatable bonds is 7. The first kappa shape index (κ1) is 18.5. The quantitative estimate of drug-likeness (QED) is 0.791. The number of hydrogen-bond donors (Lipinski definition) is 2. The first-order chi connectivity index (χ1) is 13.1. The Labute approximate surface area is 158 Å². The number of ether oxygens (including phenoxy) is 1. The van der Waals surface area contributed by atoms with Crippen LogP contribution in [0.5, 0.6) is 5.75 Å². The number of amides is 2. The van der Waals surface area contributed by atoms with Crippen molar-refractivity contribution < 1.29 is 14.3 Å². The van der Waals surface area contributed by atoms with Crippen molar-refractivity contribution >= 4 is 17.5 Å². The molecule has 6 heteroatoms. The molecule has 1 fully saturated rings. The van der Waals surface area contributed by atoms with Crippen molar-refractivity contribution in [2.75, 3.05) is 19.0 Å². The molecule has 138 valence electrons. The zero-order valence-electron chi connectivity index (χ0n) is 15.1. The molecule has 1 saturated carbocycles. The highest BCUT2D eigenvalue weighted by Gasteiger charge is 2.47. The molecular formula is C21H21N3O3. The van der Waals surface area contributed by atoms with E-state index in [1.165, 1.54) is 0 Å². The summed E-state index contributed by atoms with van der Waals surface area (Å²) in [6.07, 6.45) is 1.23. The summed E-state index contributed by atoms with van der Waals surface area (Å²) in [4.78, 5) is 24.5. The Morgan fingerprint density at radius 2 is 1.81 bits per heavy atom. The second kappa shape index (κ2) is 8.37. The number of anilines is 1. The Morgan fingerprint density at radius 3 is 2.52 bits per heavy atom. The summed E-state index contributed by atoms with van der Waals surface area (Å²) < 4.78 is 5.30. The predicted molar refractivity (Wildman–Crippen MR) is 101 cm³/mol. The minimum atomic E-state index is -0.299. The average Bonchev–Trinajstić information content (AvgIpc) is 3.50. The van der Waals surface area contributed by atoms with Gasteiger partial charge < -0.3 is 15.4 Å². The van der Waals surface area contributed by atoms with Gasteiger partial charge in [-0.25, -0.2) is 0 Å². The lowest BCUT2D eigenvalue weighted by Gasteiger charge is -2.09. The summed E-state index contributed by atoms with van der Waals surface area (Å²) >= 11 is 0. The number of carbonyl (C=O) groups is 2. The van der Waals surface area contributed by atoms with Crippen LogP contribution in [0.15, 0.2) is 48.5 Å². The Bertz CT molecular complexity index is 871. The van der Waals surface area contributed by atoms with Crippen molar-refractivity contribution in [1.29, 1.82) is 5.26 Å². The van der Waals surface area contributed by atoms with Crippen molar-refractivity contribution in [2.24, 2.45) is 11.8 Å². The number of para-hydroxylation sites is 1. The highest BCUT2D eigenvalue weighted by atomic mass is 16.5. The smallest absolute Gasteiger partial charge is 0.228 e. The van der Waals surface area contributed by atoms with E-state index >= 15 is 0 Å². The molecule has 2 aromatic carbocycles. The molecule has 0 aromatic heterocycles. The molecule has 27 heavy (non-hydrogen) atoms. The van der Waals surface area contributed by atoms with Gasteiger partial charge in [0.15, 0.2) is 0 Å². The Hall–Kier alpha value is -3.33. The van der Waals surface area contributed by atoms with Gasteiger partial charge in [0.2, 0.25) is 11.8 Å². The molecule has 0 spiro atoms. The first-order valence-electron chi connectivity index (χ1n) is 8.83. The fourth-order valence-corrected chi connectivity index (χ4v) is 3.00. The van der Waals surface area contributed by atoms with Gasteiger partial charge in [0, 0.05) is 12.2 Å². The van der Waals surface area contributed by atoms with Crippen LogP contribution in [0.1, 0.15) is 17.5 Å². The van der Waals surface area contributed by atoms with Crippen molar-refractivity contribution in [3.05, 3.63) is 59.7 Å². The van der Waals surface area contributed by atoms with Crippen LogP contribution in [0.3, 0.4) is 0 Å². The SMILES string of the molecule is COc1ccccc1CCNC(=O)C1CC1C(=O)Nc1ccc(C#N)cc1. The standard InChI is InChI=1S/C21H21N3O3/c1-27-19-5-3-2-4-15(19)10-11-23-20(25)17-12-18(17)21(26)24-16-8-6-14(13-22)7-9-16/h2-9,17-18H,10-12H2,1H3,(H,23,25)(H,24,26). The largest absolute Gasteiger partial charge is 0.496 e. The predicted octanol–water partition coefficient (Wildman–Crippen LogP) is 2.50. The summed E-state index contributed by atoms with van der Waals surface area (Å²) in [5, 5.41) is 14.5. The molecule has 2 N–H and O–H groups in total. The molecule has 2 atom stereocenters. The van der Waals surface area contributed by atoms with Gasteiger partial charge >= 0.3 is 0 Å². The summed E-state index contributed by atoms with van der Waals surface area (Å²) in [6, 6.07) is 16.4. The lowest BCUT2D eigenvalue weighted by atomic mass is 10.1. The topological polar surface area (TPSA) is 91.2 Å². The van der Waals surface area contributed by atoms with E-state index in [1.54, 1.807) is 31.4 Å². The van der Waals surface area contributed by atoms with Crippen molar-refractivity contribution in [3.8, 4) is 11.8 Å². The number of carbonyl (C=O) groups excluding carboxylic acids is 2. The molecule has 2 aromatic rings. The van der Waals surface area contributed by atoms with Crippen molar-refractivity contribution in [1.82, 2.24) is 5.32 Å². The van der Waals surface area contributed by atoms with Gasteiger partial charge in [-0.2, -0.15) is 5.26 Å². The fraction of sp³-hybridized carbons (Fsp3) is 0.286. The van der Waals surface area contributed by atoms with Crippen LogP contribution in [0.4, 0.5) is 5.69 Å². The number of hydrogen-bond acceptors (Lipinski definition) is 4. The molecule has 2 amide bonds. The maximum Gasteiger partial charge on any atom is 0.228 e. The van der Waals surface area contributed by atoms with E-state index in [-0.39, 0.29) is 23.7 Å². The molecule has 1 aliphatic rings. The first-order valence-corrected chi connectivity index (χ1v) is 8.83. The third kappa shape index (κ3) is 4.64. The van der Waals surface area contributed by atoms with Crippen LogP contribution in [-0.4, -0.2) is 25.5 Å². The molecule has 2 unspecified atom stereocenters. The molecule has 0 bridgehead atoms. The lowest BCUT2D eigenvalue weighted by Crippen LogP contribution is -2.29.